The summed E-state index contributed by atoms with van der Waals surface area (Å²) >= 11 is 0. The highest BCUT2D eigenvalue weighted by molar-refractivity contribution is 5.43. The normalized spacial score (nSPS) is 10.1. The Morgan fingerprint density at radius 2 is 1.86 bits per heavy atom. The Bertz CT molecular complexity index is 570. The maximum absolute atomic E-state index is 5.54. The Kier molecular flexibility index (Phi) is 5.79. The second-order valence-electron chi connectivity index (χ2n) is 4.54. The summed E-state index contributed by atoms with van der Waals surface area (Å²) in [6.07, 6.45) is 5.31. The van der Waals surface area contributed by atoms with Crippen LogP contribution in [-0.2, 0) is 13.1 Å². The van der Waals surface area contributed by atoms with Gasteiger partial charge in [-0.1, -0.05) is 18.7 Å². The molecule has 0 spiro atoms. The molecule has 0 fully saturated rings. The number of methoxy groups -OCH3 is 1. The molecule has 1 aromatic carbocycles. The highest BCUT2D eigenvalue weighted by Gasteiger charge is 2.05. The molecule has 0 aliphatic heterocycles. The van der Waals surface area contributed by atoms with E-state index in [1.807, 2.05) is 30.3 Å². The number of nitrogens with zero attached hydrogens (tertiary/aromatic N) is 1. The predicted octanol–water partition coefficient (Wildman–Crippen LogP) is 2.94. The van der Waals surface area contributed by atoms with Gasteiger partial charge in [0, 0.05) is 25.5 Å². The van der Waals surface area contributed by atoms with E-state index in [-0.39, 0.29) is 0 Å². The molecule has 0 atom stereocenters. The van der Waals surface area contributed by atoms with Crippen molar-refractivity contribution in [2.75, 3.05) is 13.7 Å². The number of ether oxygens (including phenoxy) is 2. The van der Waals surface area contributed by atoms with Crippen LogP contribution >= 0.6 is 0 Å². The van der Waals surface area contributed by atoms with E-state index in [1.54, 1.807) is 25.6 Å². The summed E-state index contributed by atoms with van der Waals surface area (Å²) in [4.78, 5) is 4.00. The van der Waals surface area contributed by atoms with Crippen molar-refractivity contribution in [2.24, 2.45) is 0 Å². The monoisotopic (exact) mass is 284 g/mol. The van der Waals surface area contributed by atoms with Crippen LogP contribution in [0.4, 0.5) is 0 Å². The number of benzene rings is 1. The molecule has 1 N–H and O–H groups in total. The predicted molar refractivity (Wildman–Crippen MR) is 83.5 cm³/mol. The van der Waals surface area contributed by atoms with Gasteiger partial charge in [-0.2, -0.15) is 0 Å². The first-order chi connectivity index (χ1) is 10.3. The Balaban J connectivity index is 1.92. The average Bonchev–Trinajstić information content (AvgIpc) is 2.54. The number of nitrogens with one attached hydrogen (secondary N) is 1. The van der Waals surface area contributed by atoms with E-state index >= 15 is 0 Å². The summed E-state index contributed by atoms with van der Waals surface area (Å²) in [7, 11) is 1.64. The van der Waals surface area contributed by atoms with Crippen molar-refractivity contribution in [1.82, 2.24) is 10.3 Å². The summed E-state index contributed by atoms with van der Waals surface area (Å²) < 4.78 is 10.9. The molecule has 4 heteroatoms. The lowest BCUT2D eigenvalue weighted by atomic mass is 10.2. The van der Waals surface area contributed by atoms with Gasteiger partial charge in [0.25, 0.3) is 0 Å². The fraction of sp³-hybridized carbons (Fsp3) is 0.235. The Hall–Kier alpha value is -2.33. The Morgan fingerprint density at radius 1 is 1.10 bits per heavy atom. The molecule has 1 aromatic heterocycles. The van der Waals surface area contributed by atoms with E-state index < -0.39 is 0 Å². The van der Waals surface area contributed by atoms with Gasteiger partial charge >= 0.3 is 0 Å². The minimum atomic E-state index is 0.468. The van der Waals surface area contributed by atoms with Crippen molar-refractivity contribution in [3.05, 3.63) is 66.5 Å². The fourth-order valence-electron chi connectivity index (χ4n) is 1.94. The van der Waals surface area contributed by atoms with E-state index in [1.165, 1.54) is 5.56 Å². The molecular formula is C17H20N2O2. The summed E-state index contributed by atoms with van der Waals surface area (Å²) in [5, 5.41) is 3.39. The van der Waals surface area contributed by atoms with E-state index in [4.69, 9.17) is 9.47 Å². The lowest BCUT2D eigenvalue weighted by molar-refractivity contribution is 0.326. The van der Waals surface area contributed by atoms with Gasteiger partial charge in [-0.25, -0.2) is 0 Å². The molecule has 0 radical (unpaired) electrons. The SMILES string of the molecule is C=CCOc1ccc(CNCc2ccncc2)cc1OC. The van der Waals surface area contributed by atoms with Crippen LogP contribution in [-0.4, -0.2) is 18.7 Å². The number of hydrogen-bond acceptors (Lipinski definition) is 4. The molecule has 2 rings (SSSR count). The molecule has 0 aliphatic rings. The summed E-state index contributed by atoms with van der Waals surface area (Å²) in [6.45, 7) is 5.68. The van der Waals surface area contributed by atoms with Crippen molar-refractivity contribution in [2.45, 2.75) is 13.1 Å². The fourth-order valence-corrected chi connectivity index (χ4v) is 1.94. The zero-order chi connectivity index (χ0) is 14.9. The van der Waals surface area contributed by atoms with E-state index in [0.717, 1.165) is 30.2 Å². The molecule has 1 heterocycles. The zero-order valence-electron chi connectivity index (χ0n) is 12.2. The summed E-state index contributed by atoms with van der Waals surface area (Å²) in [5.74, 6) is 1.47. The Morgan fingerprint density at radius 3 is 2.57 bits per heavy atom. The van der Waals surface area contributed by atoms with Crippen LogP contribution < -0.4 is 14.8 Å². The molecule has 0 aliphatic carbocycles. The molecule has 0 unspecified atom stereocenters. The minimum Gasteiger partial charge on any atom is -0.493 e. The van der Waals surface area contributed by atoms with Gasteiger partial charge in [-0.3, -0.25) is 4.98 Å². The third-order valence-electron chi connectivity index (χ3n) is 2.99. The second kappa shape index (κ2) is 8.07. The third kappa shape index (κ3) is 4.61. The second-order valence-corrected chi connectivity index (χ2v) is 4.54. The van der Waals surface area contributed by atoms with Gasteiger partial charge < -0.3 is 14.8 Å². The number of hydrogen-bond donors (Lipinski definition) is 1. The highest BCUT2D eigenvalue weighted by Crippen LogP contribution is 2.28. The van der Waals surface area contributed by atoms with Crippen LogP contribution in [0.3, 0.4) is 0 Å². The van der Waals surface area contributed by atoms with E-state index in [2.05, 4.69) is 16.9 Å². The van der Waals surface area contributed by atoms with Crippen LogP contribution in [0, 0.1) is 0 Å². The molecule has 0 saturated heterocycles. The van der Waals surface area contributed by atoms with Crippen molar-refractivity contribution in [3.8, 4) is 11.5 Å². The first-order valence-corrected chi connectivity index (χ1v) is 6.83. The standard InChI is InChI=1S/C17H20N2O2/c1-3-10-21-16-5-4-15(11-17(16)20-2)13-19-12-14-6-8-18-9-7-14/h3-9,11,19H,1,10,12-13H2,2H3. The topological polar surface area (TPSA) is 43.4 Å². The zero-order valence-corrected chi connectivity index (χ0v) is 12.2. The lowest BCUT2D eigenvalue weighted by Crippen LogP contribution is -2.12. The van der Waals surface area contributed by atoms with Gasteiger partial charge in [0.1, 0.15) is 6.61 Å². The largest absolute Gasteiger partial charge is 0.493 e. The highest BCUT2D eigenvalue weighted by atomic mass is 16.5. The van der Waals surface area contributed by atoms with Crippen LogP contribution in [0.5, 0.6) is 11.5 Å². The molecular weight excluding hydrogens is 264 g/mol. The van der Waals surface area contributed by atoms with Crippen LogP contribution in [0.2, 0.25) is 0 Å². The van der Waals surface area contributed by atoms with Gasteiger partial charge in [0.2, 0.25) is 0 Å². The minimum absolute atomic E-state index is 0.468. The Labute approximate surface area is 125 Å². The van der Waals surface area contributed by atoms with E-state index in [0.29, 0.717) is 6.61 Å². The first-order valence-electron chi connectivity index (χ1n) is 6.83. The molecule has 0 saturated carbocycles. The maximum Gasteiger partial charge on any atom is 0.161 e. The number of rotatable bonds is 8. The lowest BCUT2D eigenvalue weighted by Gasteiger charge is -2.11. The van der Waals surface area contributed by atoms with Crippen molar-refractivity contribution < 1.29 is 9.47 Å². The average molecular weight is 284 g/mol. The summed E-state index contributed by atoms with van der Waals surface area (Å²) in [6, 6.07) is 9.93. The van der Waals surface area contributed by atoms with Crippen molar-refractivity contribution in [1.29, 1.82) is 0 Å². The van der Waals surface area contributed by atoms with E-state index in [9.17, 15) is 0 Å². The first kappa shape index (κ1) is 15.1. The molecule has 2 aromatic rings. The molecule has 110 valence electrons. The molecule has 21 heavy (non-hydrogen) atoms. The molecule has 0 bridgehead atoms. The smallest absolute Gasteiger partial charge is 0.161 e. The number of pyridine rings is 1. The van der Waals surface area contributed by atoms with Crippen LogP contribution in [0.15, 0.2) is 55.4 Å². The van der Waals surface area contributed by atoms with Gasteiger partial charge in [0.05, 0.1) is 7.11 Å². The quantitative estimate of drug-likeness (QED) is 0.757. The van der Waals surface area contributed by atoms with Crippen LogP contribution in [0.25, 0.3) is 0 Å². The van der Waals surface area contributed by atoms with Crippen molar-refractivity contribution in [3.63, 3.8) is 0 Å². The van der Waals surface area contributed by atoms with Gasteiger partial charge in [0.15, 0.2) is 11.5 Å². The molecule has 0 amide bonds. The summed E-state index contributed by atoms with van der Waals surface area (Å²) in [5.41, 5.74) is 2.36. The van der Waals surface area contributed by atoms with Gasteiger partial charge in [-0.15, -0.1) is 0 Å². The maximum atomic E-state index is 5.54. The van der Waals surface area contributed by atoms with Crippen LogP contribution in [0.1, 0.15) is 11.1 Å². The van der Waals surface area contributed by atoms with Gasteiger partial charge in [-0.05, 0) is 35.4 Å². The molecule has 4 nitrogen and oxygen atoms in total. The third-order valence-corrected chi connectivity index (χ3v) is 2.99. The van der Waals surface area contributed by atoms with Crippen molar-refractivity contribution >= 4 is 0 Å². The number of aromatic nitrogens is 1.